The van der Waals surface area contributed by atoms with E-state index >= 15 is 0 Å². The molecule has 1 N–H and O–H groups in total. The summed E-state index contributed by atoms with van der Waals surface area (Å²) >= 11 is 0. The second kappa shape index (κ2) is 4.76. The SMILES string of the molecule is CCCC(C)(C)CNC(C)C. The van der Waals surface area contributed by atoms with Crippen LogP contribution < -0.4 is 5.32 Å². The Balaban J connectivity index is 3.54. The fraction of sp³-hybridized carbons (Fsp3) is 1.00. The van der Waals surface area contributed by atoms with E-state index in [1.807, 2.05) is 0 Å². The van der Waals surface area contributed by atoms with Gasteiger partial charge in [0.1, 0.15) is 0 Å². The van der Waals surface area contributed by atoms with Crippen molar-refractivity contribution in [3.05, 3.63) is 0 Å². The normalized spacial score (nSPS) is 12.5. The molecule has 11 heavy (non-hydrogen) atoms. The van der Waals surface area contributed by atoms with Gasteiger partial charge in [-0.2, -0.15) is 0 Å². The molecule has 0 radical (unpaired) electrons. The smallest absolute Gasteiger partial charge is 0.00106 e. The molecule has 0 spiro atoms. The second-order valence-corrected chi connectivity index (χ2v) is 4.45. The Morgan fingerprint density at radius 1 is 1.27 bits per heavy atom. The lowest BCUT2D eigenvalue weighted by atomic mass is 9.88. The van der Waals surface area contributed by atoms with Crippen LogP contribution >= 0.6 is 0 Å². The first-order chi connectivity index (χ1) is 4.98. The highest BCUT2D eigenvalue weighted by Gasteiger charge is 2.15. The van der Waals surface area contributed by atoms with Crippen molar-refractivity contribution in [2.45, 2.75) is 53.5 Å². The summed E-state index contributed by atoms with van der Waals surface area (Å²) < 4.78 is 0. The van der Waals surface area contributed by atoms with Gasteiger partial charge in [-0.15, -0.1) is 0 Å². The van der Waals surface area contributed by atoms with Gasteiger partial charge in [0, 0.05) is 12.6 Å². The lowest BCUT2D eigenvalue weighted by Gasteiger charge is -2.25. The van der Waals surface area contributed by atoms with Crippen molar-refractivity contribution in [2.24, 2.45) is 5.41 Å². The summed E-state index contributed by atoms with van der Waals surface area (Å²) in [6.07, 6.45) is 2.60. The minimum atomic E-state index is 0.471. The van der Waals surface area contributed by atoms with E-state index in [0.29, 0.717) is 11.5 Å². The highest BCUT2D eigenvalue weighted by Crippen LogP contribution is 2.20. The Morgan fingerprint density at radius 2 is 1.82 bits per heavy atom. The molecular weight excluding hydrogens is 134 g/mol. The largest absolute Gasteiger partial charge is 0.314 e. The summed E-state index contributed by atoms with van der Waals surface area (Å²) in [6.45, 7) is 12.4. The van der Waals surface area contributed by atoms with E-state index in [-0.39, 0.29) is 0 Å². The maximum atomic E-state index is 3.47. The van der Waals surface area contributed by atoms with Crippen LogP contribution in [0.25, 0.3) is 0 Å². The zero-order valence-electron chi connectivity index (χ0n) is 8.70. The molecule has 0 saturated carbocycles. The van der Waals surface area contributed by atoms with Crippen LogP contribution in [-0.2, 0) is 0 Å². The molecule has 0 aliphatic heterocycles. The van der Waals surface area contributed by atoms with Crippen LogP contribution in [0.15, 0.2) is 0 Å². The molecule has 0 atom stereocenters. The van der Waals surface area contributed by atoms with E-state index in [1.165, 1.54) is 12.8 Å². The Kier molecular flexibility index (Phi) is 4.74. The Bertz CT molecular complexity index is 95.0. The number of hydrogen-bond acceptors (Lipinski definition) is 1. The first-order valence-corrected chi connectivity index (χ1v) is 4.71. The molecule has 0 aromatic heterocycles. The number of nitrogens with one attached hydrogen (secondary N) is 1. The lowest BCUT2D eigenvalue weighted by molar-refractivity contribution is 0.301. The average Bonchev–Trinajstić information content (AvgIpc) is 1.84. The van der Waals surface area contributed by atoms with Crippen LogP contribution in [0.1, 0.15) is 47.5 Å². The third-order valence-electron chi connectivity index (χ3n) is 1.92. The van der Waals surface area contributed by atoms with E-state index in [0.717, 1.165) is 6.54 Å². The second-order valence-electron chi connectivity index (χ2n) is 4.45. The molecule has 0 unspecified atom stereocenters. The molecule has 0 aliphatic carbocycles. The van der Waals surface area contributed by atoms with E-state index in [4.69, 9.17) is 0 Å². The van der Waals surface area contributed by atoms with Crippen LogP contribution in [0.4, 0.5) is 0 Å². The van der Waals surface area contributed by atoms with Crippen molar-refractivity contribution in [1.29, 1.82) is 0 Å². The zero-order chi connectivity index (χ0) is 8.91. The van der Waals surface area contributed by atoms with Gasteiger partial charge in [-0.05, 0) is 11.8 Å². The highest BCUT2D eigenvalue weighted by molar-refractivity contribution is 4.71. The third kappa shape index (κ3) is 6.36. The summed E-state index contributed by atoms with van der Waals surface area (Å²) in [7, 11) is 0. The Hall–Kier alpha value is -0.0400. The monoisotopic (exact) mass is 157 g/mol. The number of rotatable bonds is 5. The molecule has 0 saturated heterocycles. The molecule has 1 nitrogen and oxygen atoms in total. The van der Waals surface area contributed by atoms with Gasteiger partial charge < -0.3 is 5.32 Å². The lowest BCUT2D eigenvalue weighted by Crippen LogP contribution is -2.33. The zero-order valence-corrected chi connectivity index (χ0v) is 8.70. The Labute approximate surface area is 71.6 Å². The maximum absolute atomic E-state index is 3.47. The predicted molar refractivity (Wildman–Crippen MR) is 51.8 cm³/mol. The molecule has 0 fully saturated rings. The predicted octanol–water partition coefficient (Wildman–Crippen LogP) is 2.81. The van der Waals surface area contributed by atoms with Gasteiger partial charge in [0.2, 0.25) is 0 Å². The highest BCUT2D eigenvalue weighted by atomic mass is 14.9. The molecular formula is C10H23N. The summed E-state index contributed by atoms with van der Waals surface area (Å²) in [4.78, 5) is 0. The van der Waals surface area contributed by atoms with Gasteiger partial charge in [0.05, 0.1) is 0 Å². The van der Waals surface area contributed by atoms with E-state index < -0.39 is 0 Å². The summed E-state index contributed by atoms with van der Waals surface area (Å²) in [5, 5.41) is 3.47. The Morgan fingerprint density at radius 3 is 2.18 bits per heavy atom. The van der Waals surface area contributed by atoms with Crippen molar-refractivity contribution < 1.29 is 0 Å². The van der Waals surface area contributed by atoms with Crippen LogP contribution in [-0.4, -0.2) is 12.6 Å². The van der Waals surface area contributed by atoms with E-state index in [9.17, 15) is 0 Å². The topological polar surface area (TPSA) is 12.0 Å². The molecule has 0 rings (SSSR count). The standard InChI is InChI=1S/C10H23N/c1-6-7-10(4,5)8-11-9(2)3/h9,11H,6-8H2,1-5H3. The molecule has 0 heterocycles. The van der Waals surface area contributed by atoms with E-state index in [1.54, 1.807) is 0 Å². The van der Waals surface area contributed by atoms with Gasteiger partial charge >= 0.3 is 0 Å². The average molecular weight is 157 g/mol. The number of hydrogen-bond donors (Lipinski definition) is 1. The molecule has 0 amide bonds. The molecule has 0 bridgehead atoms. The summed E-state index contributed by atoms with van der Waals surface area (Å²) in [5.41, 5.74) is 0.471. The first kappa shape index (κ1) is 11.0. The quantitative estimate of drug-likeness (QED) is 0.647. The van der Waals surface area contributed by atoms with E-state index in [2.05, 4.69) is 39.9 Å². The van der Waals surface area contributed by atoms with Gasteiger partial charge in [-0.25, -0.2) is 0 Å². The van der Waals surface area contributed by atoms with Crippen molar-refractivity contribution in [2.75, 3.05) is 6.54 Å². The van der Waals surface area contributed by atoms with Crippen LogP contribution in [0.3, 0.4) is 0 Å². The van der Waals surface area contributed by atoms with Gasteiger partial charge in [0.25, 0.3) is 0 Å². The van der Waals surface area contributed by atoms with Crippen molar-refractivity contribution in [1.82, 2.24) is 5.32 Å². The molecule has 0 aliphatic rings. The van der Waals surface area contributed by atoms with Gasteiger partial charge in [0.15, 0.2) is 0 Å². The van der Waals surface area contributed by atoms with Gasteiger partial charge in [-0.3, -0.25) is 0 Å². The fourth-order valence-corrected chi connectivity index (χ4v) is 1.25. The van der Waals surface area contributed by atoms with Crippen molar-refractivity contribution in [3.8, 4) is 0 Å². The minimum Gasteiger partial charge on any atom is -0.314 e. The van der Waals surface area contributed by atoms with Crippen molar-refractivity contribution in [3.63, 3.8) is 0 Å². The fourth-order valence-electron chi connectivity index (χ4n) is 1.25. The first-order valence-electron chi connectivity index (χ1n) is 4.71. The van der Waals surface area contributed by atoms with Gasteiger partial charge in [-0.1, -0.05) is 41.0 Å². The molecule has 68 valence electrons. The molecule has 0 aromatic carbocycles. The van der Waals surface area contributed by atoms with Crippen molar-refractivity contribution >= 4 is 0 Å². The minimum absolute atomic E-state index is 0.471. The summed E-state index contributed by atoms with van der Waals surface area (Å²) in [5.74, 6) is 0. The van der Waals surface area contributed by atoms with Crippen LogP contribution in [0.2, 0.25) is 0 Å². The third-order valence-corrected chi connectivity index (χ3v) is 1.92. The van der Waals surface area contributed by atoms with Crippen LogP contribution in [0, 0.1) is 5.41 Å². The summed E-state index contributed by atoms with van der Waals surface area (Å²) in [6, 6.07) is 0.617. The maximum Gasteiger partial charge on any atom is 0.00106 e. The molecule has 0 aromatic rings. The molecule has 1 heteroatoms. The van der Waals surface area contributed by atoms with Crippen LogP contribution in [0.5, 0.6) is 0 Å².